The molecule has 0 bridgehead atoms. The van der Waals surface area contributed by atoms with Gasteiger partial charge in [0, 0.05) is 12.0 Å². The van der Waals surface area contributed by atoms with E-state index in [0.717, 1.165) is 30.0 Å². The normalized spacial score (nSPS) is 14.1. The van der Waals surface area contributed by atoms with E-state index < -0.39 is 0 Å². The maximum Gasteiger partial charge on any atom is 0.227 e. The second kappa shape index (κ2) is 5.00. The van der Waals surface area contributed by atoms with Gasteiger partial charge in [-0.15, -0.1) is 0 Å². The van der Waals surface area contributed by atoms with E-state index in [1.165, 1.54) is 0 Å². The Morgan fingerprint density at radius 3 is 2.65 bits per heavy atom. The predicted octanol–water partition coefficient (Wildman–Crippen LogP) is 3.05. The molecule has 2 N–H and O–H groups in total. The minimum Gasteiger partial charge on any atom is -0.497 e. The molecule has 20 heavy (non-hydrogen) atoms. The number of aromatic nitrogens is 2. The van der Waals surface area contributed by atoms with Gasteiger partial charge in [0.2, 0.25) is 5.88 Å². The molecule has 0 spiro atoms. The zero-order valence-electron chi connectivity index (χ0n) is 11.6. The van der Waals surface area contributed by atoms with E-state index >= 15 is 0 Å². The van der Waals surface area contributed by atoms with E-state index in [9.17, 15) is 0 Å². The monoisotopic (exact) mass is 271 g/mol. The summed E-state index contributed by atoms with van der Waals surface area (Å²) in [7, 11) is 1.62. The van der Waals surface area contributed by atoms with Gasteiger partial charge in [-0.25, -0.2) is 4.98 Å². The molecule has 104 valence electrons. The fourth-order valence-electron chi connectivity index (χ4n) is 1.93. The van der Waals surface area contributed by atoms with Crippen molar-refractivity contribution >= 4 is 5.82 Å². The summed E-state index contributed by atoms with van der Waals surface area (Å²) in [6.07, 6.45) is 2.25. The molecule has 5 nitrogen and oxygen atoms in total. The lowest BCUT2D eigenvalue weighted by Gasteiger charge is -2.11. The summed E-state index contributed by atoms with van der Waals surface area (Å²) >= 11 is 0. The number of ether oxygens (including phenoxy) is 2. The van der Waals surface area contributed by atoms with Crippen molar-refractivity contribution in [3.05, 3.63) is 35.7 Å². The summed E-state index contributed by atoms with van der Waals surface area (Å²) in [4.78, 5) is 8.82. The molecule has 1 aromatic heterocycles. The number of nitrogens with two attached hydrogens (primary N) is 1. The van der Waals surface area contributed by atoms with Crippen LogP contribution in [0.15, 0.2) is 24.3 Å². The topological polar surface area (TPSA) is 70.3 Å². The first-order valence-electron chi connectivity index (χ1n) is 6.63. The number of nitrogen functional groups attached to an aromatic ring is 1. The Bertz CT molecular complexity index is 639. The molecule has 2 aromatic rings. The summed E-state index contributed by atoms with van der Waals surface area (Å²) < 4.78 is 11.0. The molecule has 1 saturated carbocycles. The molecule has 3 rings (SSSR count). The van der Waals surface area contributed by atoms with Crippen LogP contribution in [0.1, 0.15) is 30.1 Å². The zero-order valence-corrected chi connectivity index (χ0v) is 11.6. The Kier molecular flexibility index (Phi) is 3.18. The molecule has 0 amide bonds. The molecule has 0 aliphatic heterocycles. The molecule has 1 fully saturated rings. The number of methoxy groups -OCH3 is 1. The van der Waals surface area contributed by atoms with Crippen LogP contribution in [-0.4, -0.2) is 17.1 Å². The SMILES string of the molecule is COc1cccc(Oc2nc(C3CC3)nc(N)c2C)c1. The molecule has 0 unspecified atom stereocenters. The zero-order chi connectivity index (χ0) is 14.1. The fraction of sp³-hybridized carbons (Fsp3) is 0.333. The van der Waals surface area contributed by atoms with Crippen molar-refractivity contribution in [2.45, 2.75) is 25.7 Å². The molecule has 5 heteroatoms. The van der Waals surface area contributed by atoms with Crippen molar-refractivity contribution in [2.24, 2.45) is 0 Å². The van der Waals surface area contributed by atoms with E-state index in [1.807, 2.05) is 31.2 Å². The number of benzene rings is 1. The van der Waals surface area contributed by atoms with E-state index in [4.69, 9.17) is 15.2 Å². The quantitative estimate of drug-likeness (QED) is 0.925. The maximum absolute atomic E-state index is 5.94. The van der Waals surface area contributed by atoms with Crippen molar-refractivity contribution in [2.75, 3.05) is 12.8 Å². The number of nitrogens with zero attached hydrogens (tertiary/aromatic N) is 2. The lowest BCUT2D eigenvalue weighted by Crippen LogP contribution is -2.04. The minimum absolute atomic E-state index is 0.436. The Balaban J connectivity index is 1.92. The molecular formula is C15H17N3O2. The summed E-state index contributed by atoms with van der Waals surface area (Å²) in [6, 6.07) is 7.41. The average Bonchev–Trinajstić information content (AvgIpc) is 3.28. The van der Waals surface area contributed by atoms with E-state index in [2.05, 4.69) is 9.97 Å². The molecular weight excluding hydrogens is 254 g/mol. The van der Waals surface area contributed by atoms with Gasteiger partial charge >= 0.3 is 0 Å². The number of hydrogen-bond donors (Lipinski definition) is 1. The molecule has 0 saturated heterocycles. The molecule has 1 aromatic carbocycles. The van der Waals surface area contributed by atoms with Crippen LogP contribution in [0.3, 0.4) is 0 Å². The Labute approximate surface area is 117 Å². The van der Waals surface area contributed by atoms with E-state index in [0.29, 0.717) is 23.4 Å². The van der Waals surface area contributed by atoms with Gasteiger partial charge in [0.15, 0.2) is 0 Å². The molecule has 1 heterocycles. The summed E-state index contributed by atoms with van der Waals surface area (Å²) in [5.41, 5.74) is 6.70. The van der Waals surface area contributed by atoms with Crippen molar-refractivity contribution in [1.82, 2.24) is 9.97 Å². The van der Waals surface area contributed by atoms with Crippen LogP contribution in [0.4, 0.5) is 5.82 Å². The average molecular weight is 271 g/mol. The third kappa shape index (κ3) is 2.52. The fourth-order valence-corrected chi connectivity index (χ4v) is 1.93. The van der Waals surface area contributed by atoms with Crippen LogP contribution in [0.25, 0.3) is 0 Å². The number of anilines is 1. The highest BCUT2D eigenvalue weighted by Crippen LogP contribution is 2.40. The van der Waals surface area contributed by atoms with Gasteiger partial charge in [-0.2, -0.15) is 4.98 Å². The smallest absolute Gasteiger partial charge is 0.227 e. The first-order chi connectivity index (χ1) is 9.67. The third-order valence-corrected chi connectivity index (χ3v) is 3.35. The number of rotatable bonds is 4. The lowest BCUT2D eigenvalue weighted by atomic mass is 10.3. The van der Waals surface area contributed by atoms with Crippen LogP contribution in [-0.2, 0) is 0 Å². The second-order valence-corrected chi connectivity index (χ2v) is 4.95. The van der Waals surface area contributed by atoms with Crippen molar-refractivity contribution < 1.29 is 9.47 Å². The Hall–Kier alpha value is -2.30. The van der Waals surface area contributed by atoms with Gasteiger partial charge in [-0.3, -0.25) is 0 Å². The van der Waals surface area contributed by atoms with E-state index in [1.54, 1.807) is 7.11 Å². The molecule has 0 atom stereocenters. The summed E-state index contributed by atoms with van der Waals surface area (Å²) in [5.74, 6) is 3.64. The van der Waals surface area contributed by atoms with Crippen LogP contribution < -0.4 is 15.2 Å². The van der Waals surface area contributed by atoms with Gasteiger partial charge in [0.05, 0.1) is 12.7 Å². The Morgan fingerprint density at radius 2 is 1.95 bits per heavy atom. The summed E-state index contributed by atoms with van der Waals surface area (Å²) in [5, 5.41) is 0. The second-order valence-electron chi connectivity index (χ2n) is 4.95. The van der Waals surface area contributed by atoms with Gasteiger partial charge in [-0.05, 0) is 31.9 Å². The van der Waals surface area contributed by atoms with Crippen LogP contribution in [0.5, 0.6) is 17.4 Å². The van der Waals surface area contributed by atoms with Crippen LogP contribution in [0.2, 0.25) is 0 Å². The first-order valence-corrected chi connectivity index (χ1v) is 6.63. The highest BCUT2D eigenvalue weighted by molar-refractivity contribution is 5.47. The highest BCUT2D eigenvalue weighted by Gasteiger charge is 2.28. The predicted molar refractivity (Wildman–Crippen MR) is 76.2 cm³/mol. The van der Waals surface area contributed by atoms with Gasteiger partial charge in [0.25, 0.3) is 0 Å². The third-order valence-electron chi connectivity index (χ3n) is 3.35. The lowest BCUT2D eigenvalue weighted by molar-refractivity contribution is 0.406. The van der Waals surface area contributed by atoms with Gasteiger partial charge in [-0.1, -0.05) is 6.07 Å². The van der Waals surface area contributed by atoms with Crippen LogP contribution >= 0.6 is 0 Å². The van der Waals surface area contributed by atoms with Crippen molar-refractivity contribution in [3.8, 4) is 17.4 Å². The first kappa shape index (κ1) is 12.7. The largest absolute Gasteiger partial charge is 0.497 e. The van der Waals surface area contributed by atoms with Crippen LogP contribution in [0, 0.1) is 6.92 Å². The standard InChI is InChI=1S/C15H17N3O2/c1-9-13(16)17-14(10-6-7-10)18-15(9)20-12-5-3-4-11(8-12)19-2/h3-5,8,10H,6-7H2,1-2H3,(H2,16,17,18). The number of hydrogen-bond acceptors (Lipinski definition) is 5. The molecule has 1 aliphatic carbocycles. The Morgan fingerprint density at radius 1 is 1.20 bits per heavy atom. The molecule has 1 aliphatic rings. The minimum atomic E-state index is 0.436. The highest BCUT2D eigenvalue weighted by atomic mass is 16.5. The van der Waals surface area contributed by atoms with Gasteiger partial charge < -0.3 is 15.2 Å². The summed E-state index contributed by atoms with van der Waals surface area (Å²) in [6.45, 7) is 1.86. The molecule has 0 radical (unpaired) electrons. The maximum atomic E-state index is 5.94. The van der Waals surface area contributed by atoms with Gasteiger partial charge in [0.1, 0.15) is 23.1 Å². The van der Waals surface area contributed by atoms with Crippen molar-refractivity contribution in [1.29, 1.82) is 0 Å². The van der Waals surface area contributed by atoms with Crippen molar-refractivity contribution in [3.63, 3.8) is 0 Å². The van der Waals surface area contributed by atoms with E-state index in [-0.39, 0.29) is 0 Å².